The number of piperidine rings is 1. The van der Waals surface area contributed by atoms with Crippen LogP contribution in [0.4, 0.5) is 0 Å². The highest BCUT2D eigenvalue weighted by atomic mass is 15.1. The third-order valence-corrected chi connectivity index (χ3v) is 4.62. The molecule has 3 rings (SSSR count). The summed E-state index contributed by atoms with van der Waals surface area (Å²) in [6.45, 7) is 2.30. The van der Waals surface area contributed by atoms with E-state index in [0.29, 0.717) is 12.0 Å². The average Bonchev–Trinajstić information content (AvgIpc) is 2.48. The van der Waals surface area contributed by atoms with Crippen molar-refractivity contribution in [2.75, 3.05) is 27.2 Å². The van der Waals surface area contributed by atoms with Crippen molar-refractivity contribution in [1.82, 2.24) is 10.2 Å². The predicted molar refractivity (Wildman–Crippen MR) is 86.0 cm³/mol. The van der Waals surface area contributed by atoms with Gasteiger partial charge in [0.1, 0.15) is 0 Å². The van der Waals surface area contributed by atoms with Gasteiger partial charge in [-0.1, -0.05) is 42.5 Å². The molecule has 0 aromatic heterocycles. The fourth-order valence-electron chi connectivity index (χ4n) is 3.74. The number of hydrogen-bond acceptors (Lipinski definition) is 2. The summed E-state index contributed by atoms with van der Waals surface area (Å²) in [5.41, 5.74) is 1.49. The number of rotatable bonds is 3. The lowest BCUT2D eigenvalue weighted by molar-refractivity contribution is 0.122. The molecule has 0 saturated carbocycles. The van der Waals surface area contributed by atoms with E-state index in [9.17, 15) is 0 Å². The van der Waals surface area contributed by atoms with Crippen LogP contribution in [-0.2, 0) is 0 Å². The summed E-state index contributed by atoms with van der Waals surface area (Å²) in [7, 11) is 4.34. The van der Waals surface area contributed by atoms with Gasteiger partial charge in [0, 0.05) is 6.04 Å². The number of benzene rings is 2. The van der Waals surface area contributed by atoms with E-state index in [2.05, 4.69) is 66.8 Å². The second kappa shape index (κ2) is 5.94. The second-order valence-corrected chi connectivity index (χ2v) is 5.95. The maximum Gasteiger partial charge on any atom is 0.0391 e. The largest absolute Gasteiger partial charge is 0.319 e. The lowest BCUT2D eigenvalue weighted by Crippen LogP contribution is -2.40. The highest BCUT2D eigenvalue weighted by molar-refractivity contribution is 5.86. The molecule has 2 nitrogen and oxygen atoms in total. The molecule has 0 radical (unpaired) electrons. The van der Waals surface area contributed by atoms with E-state index in [-0.39, 0.29) is 0 Å². The summed E-state index contributed by atoms with van der Waals surface area (Å²) < 4.78 is 0. The molecule has 0 amide bonds. The van der Waals surface area contributed by atoms with Crippen LogP contribution in [0.1, 0.15) is 24.4 Å². The molecular weight excluding hydrogens is 244 g/mol. The zero-order chi connectivity index (χ0) is 13.9. The van der Waals surface area contributed by atoms with E-state index in [1.54, 1.807) is 0 Å². The molecule has 20 heavy (non-hydrogen) atoms. The SMILES string of the molecule is CNCC1CCCN(C)C1c1cccc2ccccc12. The van der Waals surface area contributed by atoms with Crippen LogP contribution in [-0.4, -0.2) is 32.1 Å². The van der Waals surface area contributed by atoms with Crippen LogP contribution in [0.5, 0.6) is 0 Å². The molecule has 2 aromatic rings. The van der Waals surface area contributed by atoms with E-state index in [1.165, 1.54) is 35.7 Å². The number of nitrogens with one attached hydrogen (secondary N) is 1. The number of likely N-dealkylation sites (tertiary alicyclic amines) is 1. The Morgan fingerprint density at radius 1 is 1.15 bits per heavy atom. The highest BCUT2D eigenvalue weighted by Gasteiger charge is 2.30. The fourth-order valence-corrected chi connectivity index (χ4v) is 3.74. The first-order valence-electron chi connectivity index (χ1n) is 7.64. The topological polar surface area (TPSA) is 15.3 Å². The summed E-state index contributed by atoms with van der Waals surface area (Å²) in [6.07, 6.45) is 2.63. The van der Waals surface area contributed by atoms with Gasteiger partial charge < -0.3 is 5.32 Å². The summed E-state index contributed by atoms with van der Waals surface area (Å²) in [5.74, 6) is 0.699. The van der Waals surface area contributed by atoms with Gasteiger partial charge in [-0.15, -0.1) is 0 Å². The molecule has 1 heterocycles. The molecule has 2 aromatic carbocycles. The van der Waals surface area contributed by atoms with Crippen LogP contribution in [0.15, 0.2) is 42.5 Å². The van der Waals surface area contributed by atoms with Gasteiger partial charge in [-0.2, -0.15) is 0 Å². The zero-order valence-electron chi connectivity index (χ0n) is 12.5. The van der Waals surface area contributed by atoms with Crippen molar-refractivity contribution in [2.45, 2.75) is 18.9 Å². The minimum Gasteiger partial charge on any atom is -0.319 e. The van der Waals surface area contributed by atoms with Gasteiger partial charge in [0.15, 0.2) is 0 Å². The molecule has 1 aliphatic rings. The van der Waals surface area contributed by atoms with Gasteiger partial charge in [0.05, 0.1) is 0 Å². The van der Waals surface area contributed by atoms with Gasteiger partial charge in [-0.05, 0) is 62.3 Å². The maximum absolute atomic E-state index is 3.38. The highest BCUT2D eigenvalue weighted by Crippen LogP contribution is 2.37. The Hall–Kier alpha value is -1.38. The Morgan fingerprint density at radius 3 is 2.80 bits per heavy atom. The average molecular weight is 268 g/mol. The molecule has 1 aliphatic heterocycles. The lowest BCUT2D eigenvalue weighted by Gasteiger charge is -2.40. The quantitative estimate of drug-likeness (QED) is 0.917. The molecule has 0 spiro atoms. The molecule has 0 aliphatic carbocycles. The first-order valence-corrected chi connectivity index (χ1v) is 7.64. The normalized spacial score (nSPS) is 24.1. The Bertz CT molecular complexity index is 571. The van der Waals surface area contributed by atoms with E-state index in [1.807, 2.05) is 0 Å². The van der Waals surface area contributed by atoms with Crippen molar-refractivity contribution >= 4 is 10.8 Å². The van der Waals surface area contributed by atoms with Gasteiger partial charge in [-0.25, -0.2) is 0 Å². The van der Waals surface area contributed by atoms with Crippen LogP contribution < -0.4 is 5.32 Å². The van der Waals surface area contributed by atoms with Crippen LogP contribution in [0.3, 0.4) is 0 Å². The summed E-state index contributed by atoms with van der Waals surface area (Å²) in [5, 5.41) is 6.14. The van der Waals surface area contributed by atoms with Crippen LogP contribution in [0.2, 0.25) is 0 Å². The third kappa shape index (κ3) is 2.46. The number of hydrogen-bond donors (Lipinski definition) is 1. The third-order valence-electron chi connectivity index (χ3n) is 4.62. The van der Waals surface area contributed by atoms with Crippen molar-refractivity contribution in [1.29, 1.82) is 0 Å². The molecule has 2 atom stereocenters. The zero-order valence-corrected chi connectivity index (χ0v) is 12.5. The summed E-state index contributed by atoms with van der Waals surface area (Å²) in [6, 6.07) is 16.0. The molecule has 1 N–H and O–H groups in total. The smallest absolute Gasteiger partial charge is 0.0391 e. The van der Waals surface area contributed by atoms with Crippen molar-refractivity contribution in [3.8, 4) is 0 Å². The standard InChI is InChI=1S/C18H24N2/c1-19-13-15-9-6-12-20(2)18(15)17-11-5-8-14-7-3-4-10-16(14)17/h3-5,7-8,10-11,15,18-19H,6,9,12-13H2,1-2H3. The Kier molecular flexibility index (Phi) is 4.04. The fraction of sp³-hybridized carbons (Fsp3) is 0.444. The van der Waals surface area contributed by atoms with Crippen molar-refractivity contribution < 1.29 is 0 Å². The van der Waals surface area contributed by atoms with E-state index in [0.717, 1.165) is 6.54 Å². The minimum absolute atomic E-state index is 0.530. The maximum atomic E-state index is 3.38. The predicted octanol–water partition coefficient (Wildman–Crippen LogP) is 3.44. The van der Waals surface area contributed by atoms with Gasteiger partial charge >= 0.3 is 0 Å². The molecule has 106 valence electrons. The van der Waals surface area contributed by atoms with Crippen molar-refractivity contribution in [3.63, 3.8) is 0 Å². The van der Waals surface area contributed by atoms with E-state index < -0.39 is 0 Å². The summed E-state index contributed by atoms with van der Waals surface area (Å²) in [4.78, 5) is 2.54. The van der Waals surface area contributed by atoms with Crippen LogP contribution in [0.25, 0.3) is 10.8 Å². The molecule has 2 unspecified atom stereocenters. The Balaban J connectivity index is 2.06. The van der Waals surface area contributed by atoms with Gasteiger partial charge in [0.2, 0.25) is 0 Å². The van der Waals surface area contributed by atoms with Crippen molar-refractivity contribution in [2.24, 2.45) is 5.92 Å². The lowest BCUT2D eigenvalue weighted by atomic mass is 9.83. The van der Waals surface area contributed by atoms with Crippen LogP contribution in [0, 0.1) is 5.92 Å². The molecular formula is C18H24N2. The molecule has 1 fully saturated rings. The van der Waals surface area contributed by atoms with E-state index >= 15 is 0 Å². The van der Waals surface area contributed by atoms with Crippen molar-refractivity contribution in [3.05, 3.63) is 48.0 Å². The molecule has 1 saturated heterocycles. The second-order valence-electron chi connectivity index (χ2n) is 5.95. The first kappa shape index (κ1) is 13.6. The Labute approximate surface area is 121 Å². The molecule has 2 heteroatoms. The monoisotopic (exact) mass is 268 g/mol. The number of nitrogens with zero attached hydrogens (tertiary/aromatic N) is 1. The first-order chi connectivity index (χ1) is 9.81. The van der Waals surface area contributed by atoms with Crippen LogP contribution >= 0.6 is 0 Å². The Morgan fingerprint density at radius 2 is 1.95 bits per heavy atom. The summed E-state index contributed by atoms with van der Waals surface area (Å²) >= 11 is 0. The van der Waals surface area contributed by atoms with Gasteiger partial charge in [0.25, 0.3) is 0 Å². The molecule has 0 bridgehead atoms. The number of fused-ring (bicyclic) bond motifs is 1. The minimum atomic E-state index is 0.530. The van der Waals surface area contributed by atoms with E-state index in [4.69, 9.17) is 0 Å². The van der Waals surface area contributed by atoms with Gasteiger partial charge in [-0.3, -0.25) is 4.90 Å².